The van der Waals surface area contributed by atoms with Crippen LogP contribution >= 0.6 is 0 Å². The molecule has 3 aromatic rings. The molecule has 1 amide bonds. The Labute approximate surface area is 195 Å². The molecule has 0 unspecified atom stereocenters. The molecule has 4 rings (SSSR count). The summed E-state index contributed by atoms with van der Waals surface area (Å²) in [4.78, 5) is 29.7. The molecule has 2 heterocycles. The molecule has 0 spiro atoms. The number of ketones is 1. The highest BCUT2D eigenvalue weighted by Crippen LogP contribution is 2.32. The van der Waals surface area contributed by atoms with Crippen LogP contribution in [0.25, 0.3) is 11.0 Å². The highest BCUT2D eigenvalue weighted by molar-refractivity contribution is 6.06. The fraction of sp³-hybridized carbons (Fsp3) is 0.462. The third-order valence-corrected chi connectivity index (χ3v) is 6.79. The van der Waals surface area contributed by atoms with E-state index in [1.807, 2.05) is 37.6 Å². The molecule has 2 aromatic heterocycles. The third kappa shape index (κ3) is 4.92. The number of aromatic nitrogens is 3. The molecule has 1 aromatic carbocycles. The van der Waals surface area contributed by atoms with E-state index in [1.165, 1.54) is 5.56 Å². The largest absolute Gasteiger partial charge is 0.381 e. The molecule has 0 saturated heterocycles. The summed E-state index contributed by atoms with van der Waals surface area (Å²) in [6.45, 7) is 8.44. The number of carbonyl (C=O) groups is 2. The van der Waals surface area contributed by atoms with Crippen molar-refractivity contribution in [2.45, 2.75) is 72.0 Å². The van der Waals surface area contributed by atoms with Crippen LogP contribution in [0.2, 0.25) is 0 Å². The molecule has 33 heavy (non-hydrogen) atoms. The summed E-state index contributed by atoms with van der Waals surface area (Å²) in [6, 6.07) is 8.26. The van der Waals surface area contributed by atoms with Crippen molar-refractivity contribution >= 4 is 28.4 Å². The van der Waals surface area contributed by atoms with Gasteiger partial charge in [-0.1, -0.05) is 29.8 Å². The van der Waals surface area contributed by atoms with E-state index in [4.69, 9.17) is 0 Å². The molecule has 1 aliphatic rings. The standard InChI is InChI=1S/C26H33N5O2/c1-5-31-25-22(15-28-31)24(30-21-12-10-20(11-13-21)18(4)32)23(14-27-25)26(33)29-17(3)19-8-6-16(2)7-9-19/h6-9,14-15,17,20-21H,5,10-13H2,1-4H3,(H,27,30)(H,29,33)/t17-,20-,21-/m1/s1. The second kappa shape index (κ2) is 9.73. The Morgan fingerprint density at radius 2 is 1.82 bits per heavy atom. The molecule has 0 bridgehead atoms. The predicted molar refractivity (Wildman–Crippen MR) is 130 cm³/mol. The lowest BCUT2D eigenvalue weighted by atomic mass is 9.84. The summed E-state index contributed by atoms with van der Waals surface area (Å²) >= 11 is 0. The zero-order valence-electron chi connectivity index (χ0n) is 19.9. The van der Waals surface area contributed by atoms with Crippen molar-refractivity contribution in [3.8, 4) is 0 Å². The minimum Gasteiger partial charge on any atom is -0.381 e. The number of carbonyl (C=O) groups excluding carboxylic acids is 2. The number of hydrogen-bond donors (Lipinski definition) is 2. The van der Waals surface area contributed by atoms with Gasteiger partial charge in [0.05, 0.1) is 28.9 Å². The van der Waals surface area contributed by atoms with Crippen LogP contribution in [-0.2, 0) is 11.3 Å². The summed E-state index contributed by atoms with van der Waals surface area (Å²) in [5, 5.41) is 12.1. The maximum atomic E-state index is 13.4. The normalized spacial score (nSPS) is 19.3. The molecule has 7 heteroatoms. The molecular formula is C26H33N5O2. The van der Waals surface area contributed by atoms with Crippen LogP contribution in [0.3, 0.4) is 0 Å². The van der Waals surface area contributed by atoms with Gasteiger partial charge in [-0.05, 0) is 58.9 Å². The average Bonchev–Trinajstić information content (AvgIpc) is 3.23. The molecule has 0 aliphatic heterocycles. The highest BCUT2D eigenvalue weighted by atomic mass is 16.1. The summed E-state index contributed by atoms with van der Waals surface area (Å²) < 4.78 is 1.84. The Bertz CT molecular complexity index is 1140. The van der Waals surface area contributed by atoms with Crippen molar-refractivity contribution < 1.29 is 9.59 Å². The monoisotopic (exact) mass is 447 g/mol. The first-order valence-electron chi connectivity index (χ1n) is 11.9. The second-order valence-electron chi connectivity index (χ2n) is 9.15. The van der Waals surface area contributed by atoms with E-state index in [2.05, 4.69) is 32.8 Å². The molecule has 2 N–H and O–H groups in total. The van der Waals surface area contributed by atoms with Crippen LogP contribution in [0.15, 0.2) is 36.7 Å². The van der Waals surface area contributed by atoms with E-state index in [0.717, 1.165) is 48.0 Å². The van der Waals surface area contributed by atoms with Gasteiger partial charge in [-0.15, -0.1) is 0 Å². The van der Waals surface area contributed by atoms with Gasteiger partial charge in [0.2, 0.25) is 0 Å². The van der Waals surface area contributed by atoms with Gasteiger partial charge in [0.25, 0.3) is 5.91 Å². The molecule has 1 saturated carbocycles. The zero-order valence-corrected chi connectivity index (χ0v) is 19.9. The molecule has 174 valence electrons. The van der Waals surface area contributed by atoms with Gasteiger partial charge in [-0.25, -0.2) is 9.67 Å². The summed E-state index contributed by atoms with van der Waals surface area (Å²) in [6.07, 6.45) is 6.99. The van der Waals surface area contributed by atoms with Crippen LogP contribution in [0, 0.1) is 12.8 Å². The Balaban J connectivity index is 1.61. The molecule has 0 radical (unpaired) electrons. The van der Waals surface area contributed by atoms with Crippen molar-refractivity contribution in [1.82, 2.24) is 20.1 Å². The fourth-order valence-corrected chi connectivity index (χ4v) is 4.65. The lowest BCUT2D eigenvalue weighted by Gasteiger charge is -2.29. The first kappa shape index (κ1) is 23.0. The SMILES string of the molecule is CCn1ncc2c(N[C@H]3CC[C@H](C(C)=O)CC3)c(C(=O)N[C@H](C)c3ccc(C)cc3)cnc21. The van der Waals surface area contributed by atoms with E-state index in [0.29, 0.717) is 12.1 Å². The topological polar surface area (TPSA) is 88.9 Å². The van der Waals surface area contributed by atoms with Crippen LogP contribution in [0.4, 0.5) is 5.69 Å². The summed E-state index contributed by atoms with van der Waals surface area (Å²) in [7, 11) is 0. The third-order valence-electron chi connectivity index (χ3n) is 6.79. The lowest BCUT2D eigenvalue weighted by Crippen LogP contribution is -2.31. The molecule has 1 fully saturated rings. The number of nitrogens with one attached hydrogen (secondary N) is 2. The number of pyridine rings is 1. The quantitative estimate of drug-likeness (QED) is 0.543. The first-order chi connectivity index (χ1) is 15.9. The lowest BCUT2D eigenvalue weighted by molar-refractivity contribution is -0.121. The highest BCUT2D eigenvalue weighted by Gasteiger charge is 2.27. The molecule has 1 atom stereocenters. The van der Waals surface area contributed by atoms with Crippen LogP contribution < -0.4 is 10.6 Å². The first-order valence-corrected chi connectivity index (χ1v) is 11.9. The Morgan fingerprint density at radius 3 is 2.45 bits per heavy atom. The Kier molecular flexibility index (Phi) is 6.77. The van der Waals surface area contributed by atoms with E-state index in [-0.39, 0.29) is 29.7 Å². The molecule has 1 aliphatic carbocycles. The number of hydrogen-bond acceptors (Lipinski definition) is 5. The smallest absolute Gasteiger partial charge is 0.255 e. The van der Waals surface area contributed by atoms with Crippen molar-refractivity contribution in [3.05, 3.63) is 53.3 Å². The number of nitrogens with zero attached hydrogens (tertiary/aromatic N) is 3. The number of amides is 1. The van der Waals surface area contributed by atoms with Crippen LogP contribution in [0.5, 0.6) is 0 Å². The molecule has 7 nitrogen and oxygen atoms in total. The van der Waals surface area contributed by atoms with Crippen LogP contribution in [0.1, 0.15) is 74.0 Å². The summed E-state index contributed by atoms with van der Waals surface area (Å²) in [5.74, 6) is 0.261. The number of benzene rings is 1. The van der Waals surface area contributed by atoms with Gasteiger partial charge >= 0.3 is 0 Å². The minimum absolute atomic E-state index is 0.133. The Morgan fingerprint density at radius 1 is 1.12 bits per heavy atom. The van der Waals surface area contributed by atoms with Crippen molar-refractivity contribution in [2.75, 3.05) is 5.32 Å². The van der Waals surface area contributed by atoms with Gasteiger partial charge in [0, 0.05) is 24.7 Å². The van der Waals surface area contributed by atoms with Gasteiger partial charge in [-0.3, -0.25) is 9.59 Å². The van der Waals surface area contributed by atoms with E-state index >= 15 is 0 Å². The number of Topliss-reactive ketones (excluding diaryl/α,β-unsaturated/α-hetero) is 1. The van der Waals surface area contributed by atoms with E-state index in [1.54, 1.807) is 19.3 Å². The number of rotatable bonds is 7. The van der Waals surface area contributed by atoms with Gasteiger partial charge < -0.3 is 10.6 Å². The van der Waals surface area contributed by atoms with E-state index in [9.17, 15) is 9.59 Å². The maximum absolute atomic E-state index is 13.4. The van der Waals surface area contributed by atoms with Crippen molar-refractivity contribution in [2.24, 2.45) is 5.92 Å². The van der Waals surface area contributed by atoms with Crippen molar-refractivity contribution in [3.63, 3.8) is 0 Å². The maximum Gasteiger partial charge on any atom is 0.255 e. The van der Waals surface area contributed by atoms with Gasteiger partial charge in [0.15, 0.2) is 5.65 Å². The van der Waals surface area contributed by atoms with Crippen LogP contribution in [-0.4, -0.2) is 32.5 Å². The van der Waals surface area contributed by atoms with E-state index < -0.39 is 0 Å². The van der Waals surface area contributed by atoms with Gasteiger partial charge in [0.1, 0.15) is 5.78 Å². The number of anilines is 1. The minimum atomic E-state index is -0.165. The Hall–Kier alpha value is -3.22. The average molecular weight is 448 g/mol. The second-order valence-corrected chi connectivity index (χ2v) is 9.15. The number of fused-ring (bicyclic) bond motifs is 1. The molecular weight excluding hydrogens is 414 g/mol. The number of aryl methyl sites for hydroxylation is 2. The predicted octanol–water partition coefficient (Wildman–Crippen LogP) is 4.81. The van der Waals surface area contributed by atoms with Gasteiger partial charge in [-0.2, -0.15) is 5.10 Å². The van der Waals surface area contributed by atoms with Crippen molar-refractivity contribution in [1.29, 1.82) is 0 Å². The fourth-order valence-electron chi connectivity index (χ4n) is 4.65. The zero-order chi connectivity index (χ0) is 23.5. The summed E-state index contributed by atoms with van der Waals surface area (Å²) in [5.41, 5.74) is 4.30.